The average Bonchev–Trinajstić information content (AvgIpc) is 3.72. The Morgan fingerprint density at radius 1 is 1.02 bits per heavy atom. The monoisotopic (exact) mass is 826 g/mol. The number of aromatic nitrogens is 3. The number of carbonyl (C=O) groups is 4. The summed E-state index contributed by atoms with van der Waals surface area (Å²) >= 11 is 6.35. The minimum absolute atomic E-state index is 0.0604. The van der Waals surface area contributed by atoms with Crippen molar-refractivity contribution < 1.29 is 28.0 Å². The first-order valence-electron chi connectivity index (χ1n) is 20.1. The number of carbonyl (C=O) groups excluding carboxylic acids is 4. The summed E-state index contributed by atoms with van der Waals surface area (Å²) < 4.78 is 33.4. The van der Waals surface area contributed by atoms with Crippen LogP contribution in [0.5, 0.6) is 0 Å². The van der Waals surface area contributed by atoms with Gasteiger partial charge in [-0.1, -0.05) is 30.3 Å². The Bertz CT molecular complexity index is 2410. The third-order valence-electron chi connectivity index (χ3n) is 12.4. The highest BCUT2D eigenvalue weighted by Crippen LogP contribution is 2.51. The fraction of sp³-hybridized carbons (Fsp3) is 0.429. The van der Waals surface area contributed by atoms with Crippen LogP contribution in [0.2, 0.25) is 5.02 Å². The van der Waals surface area contributed by atoms with Gasteiger partial charge in [0, 0.05) is 63.0 Å². The zero-order valence-electron chi connectivity index (χ0n) is 32.7. The molecule has 1 aliphatic carbocycles. The molecule has 0 unspecified atom stereocenters. The van der Waals surface area contributed by atoms with Gasteiger partial charge in [-0.2, -0.15) is 0 Å². The molecule has 1 spiro atoms. The number of urea groups is 1. The Labute approximate surface area is 344 Å². The number of hydrogen-bond acceptors (Lipinski definition) is 9. The Balaban J connectivity index is 0.807. The zero-order chi connectivity index (χ0) is 41.2. The summed E-state index contributed by atoms with van der Waals surface area (Å²) in [5.74, 6) is -3.30. The fourth-order valence-corrected chi connectivity index (χ4v) is 9.11. The number of allylic oxidation sites excluding steroid dienone is 1. The van der Waals surface area contributed by atoms with Crippen LogP contribution in [0.1, 0.15) is 70.5 Å². The second kappa shape index (κ2) is 14.9. The highest BCUT2D eigenvalue weighted by atomic mass is 35.5. The maximum atomic E-state index is 15.9. The van der Waals surface area contributed by atoms with Crippen molar-refractivity contribution in [3.63, 3.8) is 0 Å². The van der Waals surface area contributed by atoms with Crippen molar-refractivity contribution in [3.8, 4) is 0 Å². The number of rotatable bonds is 11. The molecule has 308 valence electrons. The summed E-state index contributed by atoms with van der Waals surface area (Å²) in [7, 11) is 1.82. The standard InChI is InChI=1S/C42H45ClF2N10O4/c1-25(28-6-3-7-32-29(28)12-16-53(32)35-20-31(46-2)37-47-21-34(55(37)50-35)38(57)48-27-9-10-27)5-4-15-51-18-14-41(42(44,45)24-51)22-52(23-41)39(58)26-8-11-30(43)33(19-26)54-17-13-36(56)49-40(54)59/h3,6-8,11,19-21,27,46H,1,4-5,9-10,12-18,22-24H2,2H3,(H,48,57)(H,49,56,59). The van der Waals surface area contributed by atoms with E-state index in [0.29, 0.717) is 49.6 Å². The van der Waals surface area contributed by atoms with E-state index in [9.17, 15) is 19.2 Å². The third kappa shape index (κ3) is 7.05. The molecule has 17 heteroatoms. The number of nitrogens with one attached hydrogen (secondary N) is 3. The van der Waals surface area contributed by atoms with Crippen LogP contribution in [0.4, 0.5) is 36.5 Å². The molecule has 3 saturated heterocycles. The van der Waals surface area contributed by atoms with Gasteiger partial charge in [0.15, 0.2) is 17.2 Å². The van der Waals surface area contributed by atoms with Gasteiger partial charge in [-0.3, -0.25) is 29.5 Å². The van der Waals surface area contributed by atoms with E-state index in [1.807, 2.05) is 24.1 Å². The molecule has 0 bridgehead atoms. The average molecular weight is 827 g/mol. The number of alkyl halides is 2. The van der Waals surface area contributed by atoms with Crippen LogP contribution in [0.3, 0.4) is 0 Å². The predicted molar refractivity (Wildman–Crippen MR) is 220 cm³/mol. The maximum Gasteiger partial charge on any atom is 0.328 e. The fourth-order valence-electron chi connectivity index (χ4n) is 8.89. The molecule has 0 atom stereocenters. The van der Waals surface area contributed by atoms with Gasteiger partial charge in [0.1, 0.15) is 0 Å². The molecule has 0 radical (unpaired) electrons. The minimum Gasteiger partial charge on any atom is -0.385 e. The quantitative estimate of drug-likeness (QED) is 0.173. The normalized spacial score (nSPS) is 19.8. The van der Waals surface area contributed by atoms with Gasteiger partial charge in [-0.05, 0) is 92.6 Å². The topological polar surface area (TPSA) is 148 Å². The lowest BCUT2D eigenvalue weighted by molar-refractivity contribution is -0.214. The number of anilines is 4. The molecular weight excluding hydrogens is 782 g/mol. The summed E-state index contributed by atoms with van der Waals surface area (Å²) in [6, 6.07) is 12.1. The van der Waals surface area contributed by atoms with Gasteiger partial charge in [0.25, 0.3) is 17.7 Å². The molecule has 5 amide bonds. The number of nitrogens with zero attached hydrogens (tertiary/aromatic N) is 7. The Kier molecular flexibility index (Phi) is 9.81. The lowest BCUT2D eigenvalue weighted by atomic mass is 9.69. The van der Waals surface area contributed by atoms with Crippen molar-refractivity contribution >= 4 is 69.5 Å². The minimum atomic E-state index is -2.99. The lowest BCUT2D eigenvalue weighted by Gasteiger charge is -2.57. The van der Waals surface area contributed by atoms with Crippen molar-refractivity contribution in [2.24, 2.45) is 5.41 Å². The van der Waals surface area contributed by atoms with E-state index in [1.54, 1.807) is 10.7 Å². The smallest absolute Gasteiger partial charge is 0.328 e. The number of piperidine rings is 1. The molecule has 4 aliphatic heterocycles. The van der Waals surface area contributed by atoms with Crippen LogP contribution in [0.25, 0.3) is 11.2 Å². The predicted octanol–water partition coefficient (Wildman–Crippen LogP) is 5.73. The number of amides is 5. The van der Waals surface area contributed by atoms with E-state index in [2.05, 4.69) is 44.5 Å². The van der Waals surface area contributed by atoms with E-state index in [0.717, 1.165) is 47.3 Å². The van der Waals surface area contributed by atoms with Crippen LogP contribution in [-0.4, -0.2) is 113 Å². The van der Waals surface area contributed by atoms with Crippen molar-refractivity contribution in [3.05, 3.63) is 82.6 Å². The molecule has 59 heavy (non-hydrogen) atoms. The number of likely N-dealkylation sites (tertiary alicyclic amines) is 2. The van der Waals surface area contributed by atoms with Crippen LogP contribution < -0.4 is 25.8 Å². The highest BCUT2D eigenvalue weighted by molar-refractivity contribution is 6.34. The molecule has 9 rings (SSSR count). The van der Waals surface area contributed by atoms with Crippen molar-refractivity contribution in [2.75, 3.05) is 68.0 Å². The van der Waals surface area contributed by atoms with E-state index < -0.39 is 29.2 Å². The van der Waals surface area contributed by atoms with Gasteiger partial charge in [-0.25, -0.2) is 23.1 Å². The summed E-state index contributed by atoms with van der Waals surface area (Å²) in [6.45, 7) is 5.73. The van der Waals surface area contributed by atoms with E-state index in [-0.39, 0.29) is 67.2 Å². The highest BCUT2D eigenvalue weighted by Gasteiger charge is 2.63. The molecule has 14 nitrogen and oxygen atoms in total. The summed E-state index contributed by atoms with van der Waals surface area (Å²) in [6.07, 6.45) is 5.96. The maximum absolute atomic E-state index is 15.9. The molecule has 2 aromatic carbocycles. The molecule has 1 saturated carbocycles. The second-order valence-electron chi connectivity index (χ2n) is 16.3. The second-order valence-corrected chi connectivity index (χ2v) is 16.7. The van der Waals surface area contributed by atoms with Crippen LogP contribution in [0, 0.1) is 5.41 Å². The molecule has 5 aliphatic rings. The number of fused-ring (bicyclic) bond motifs is 2. The van der Waals surface area contributed by atoms with Crippen molar-refractivity contribution in [1.29, 1.82) is 0 Å². The first kappa shape index (κ1) is 38.9. The van der Waals surface area contributed by atoms with Crippen molar-refractivity contribution in [1.82, 2.24) is 35.0 Å². The Hall–Kier alpha value is -5.61. The zero-order valence-corrected chi connectivity index (χ0v) is 33.5. The molecule has 3 N–H and O–H groups in total. The lowest BCUT2D eigenvalue weighted by Crippen LogP contribution is -2.71. The van der Waals surface area contributed by atoms with Crippen LogP contribution >= 0.6 is 11.6 Å². The number of halogens is 3. The van der Waals surface area contributed by atoms with Gasteiger partial charge in [0.05, 0.1) is 34.6 Å². The van der Waals surface area contributed by atoms with Gasteiger partial charge >= 0.3 is 6.03 Å². The Morgan fingerprint density at radius 3 is 2.56 bits per heavy atom. The van der Waals surface area contributed by atoms with Gasteiger partial charge in [-0.15, -0.1) is 5.10 Å². The molecule has 4 aromatic rings. The number of imidazole rings is 1. The molecule has 4 fully saturated rings. The first-order valence-corrected chi connectivity index (χ1v) is 20.5. The molecule has 2 aromatic heterocycles. The summed E-state index contributed by atoms with van der Waals surface area (Å²) in [5.41, 5.74) is 5.11. The number of benzene rings is 2. The SMILES string of the molecule is C=C(CCCN1CCC2(CN(C(=O)c3ccc(Cl)c(N4CCC(=O)NC4=O)c3)C2)C(F)(F)C1)c1cccc2c1CCN2c1cc(NC)c2ncc(C(=O)NC3CC3)n2n1. The Morgan fingerprint density at radius 2 is 1.81 bits per heavy atom. The van der Waals surface area contributed by atoms with Crippen LogP contribution in [-0.2, 0) is 11.2 Å². The van der Waals surface area contributed by atoms with Crippen molar-refractivity contribution in [2.45, 2.75) is 56.9 Å². The van der Waals surface area contributed by atoms with E-state index >= 15 is 8.78 Å². The molecular formula is C42H45ClF2N10O4. The van der Waals surface area contributed by atoms with Crippen LogP contribution in [0.15, 0.2) is 55.2 Å². The van der Waals surface area contributed by atoms with E-state index in [1.165, 1.54) is 28.0 Å². The third-order valence-corrected chi connectivity index (χ3v) is 12.7. The summed E-state index contributed by atoms with van der Waals surface area (Å²) in [4.78, 5) is 61.6. The summed E-state index contributed by atoms with van der Waals surface area (Å²) in [5, 5.41) is 13.6. The number of imide groups is 1. The van der Waals surface area contributed by atoms with E-state index in [4.69, 9.17) is 16.7 Å². The first-order chi connectivity index (χ1) is 28.3. The largest absolute Gasteiger partial charge is 0.385 e. The van der Waals surface area contributed by atoms with Gasteiger partial charge in [0.2, 0.25) is 5.91 Å². The molecule has 6 heterocycles. The van der Waals surface area contributed by atoms with Gasteiger partial charge < -0.3 is 20.4 Å². The number of hydrogen-bond donors (Lipinski definition) is 3.